The first kappa shape index (κ1) is 15.4. The van der Waals surface area contributed by atoms with Gasteiger partial charge in [0.1, 0.15) is 0 Å². The number of likely N-dealkylation sites (tertiary alicyclic amines) is 1. The second-order valence-electron chi connectivity index (χ2n) is 8.42. The van der Waals surface area contributed by atoms with Gasteiger partial charge in [0.25, 0.3) is 0 Å². The van der Waals surface area contributed by atoms with Crippen LogP contribution in [-0.2, 0) is 0 Å². The maximum atomic E-state index is 2.86. The third-order valence-corrected chi connectivity index (χ3v) is 5.78. The van der Waals surface area contributed by atoms with Gasteiger partial charge in [0.15, 0.2) is 0 Å². The van der Waals surface area contributed by atoms with Crippen LogP contribution in [0.2, 0.25) is 0 Å². The van der Waals surface area contributed by atoms with Crippen molar-refractivity contribution < 1.29 is 0 Å². The molecule has 0 spiro atoms. The summed E-state index contributed by atoms with van der Waals surface area (Å²) in [5.41, 5.74) is 0.778. The zero-order valence-corrected chi connectivity index (χ0v) is 14.0. The van der Waals surface area contributed by atoms with Crippen LogP contribution in [0, 0.1) is 11.8 Å². The van der Waals surface area contributed by atoms with Gasteiger partial charge in [0.05, 0.1) is 0 Å². The largest absolute Gasteiger partial charge is 0.293 e. The van der Waals surface area contributed by atoms with E-state index in [4.69, 9.17) is 0 Å². The normalized spacial score (nSPS) is 29.5. The van der Waals surface area contributed by atoms with Crippen LogP contribution in [-0.4, -0.2) is 22.5 Å². The Morgan fingerprint density at radius 1 is 0.842 bits per heavy atom. The Labute approximate surface area is 121 Å². The molecule has 0 bridgehead atoms. The SMILES string of the molecule is CCC1CC(C)(C)N(CC2CCCCC2)C(C)(C)C1. The molecule has 0 N–H and O–H groups in total. The number of hydrogen-bond donors (Lipinski definition) is 0. The molecular weight excluding hydrogens is 230 g/mol. The van der Waals surface area contributed by atoms with Crippen LogP contribution in [0.25, 0.3) is 0 Å². The third-order valence-electron chi connectivity index (χ3n) is 5.78. The van der Waals surface area contributed by atoms with Gasteiger partial charge >= 0.3 is 0 Å². The molecular formula is C18H35N. The van der Waals surface area contributed by atoms with E-state index in [2.05, 4.69) is 39.5 Å². The van der Waals surface area contributed by atoms with Gasteiger partial charge in [-0.3, -0.25) is 4.90 Å². The Morgan fingerprint density at radius 3 is 1.84 bits per heavy atom. The number of nitrogens with zero attached hydrogens (tertiary/aromatic N) is 1. The highest BCUT2D eigenvalue weighted by Gasteiger charge is 2.45. The minimum Gasteiger partial charge on any atom is -0.293 e. The molecule has 1 heteroatoms. The van der Waals surface area contributed by atoms with Crippen LogP contribution in [0.1, 0.15) is 86.0 Å². The van der Waals surface area contributed by atoms with Crippen molar-refractivity contribution in [3.63, 3.8) is 0 Å². The van der Waals surface area contributed by atoms with E-state index >= 15 is 0 Å². The van der Waals surface area contributed by atoms with Crippen LogP contribution < -0.4 is 0 Å². The van der Waals surface area contributed by atoms with E-state index in [9.17, 15) is 0 Å². The van der Waals surface area contributed by atoms with E-state index in [1.54, 1.807) is 0 Å². The number of rotatable bonds is 3. The molecule has 0 atom stereocenters. The Kier molecular flexibility index (Phi) is 4.65. The molecule has 0 unspecified atom stereocenters. The summed E-state index contributed by atoms with van der Waals surface area (Å²) < 4.78 is 0. The maximum absolute atomic E-state index is 2.86. The lowest BCUT2D eigenvalue weighted by molar-refractivity contribution is -0.0640. The highest BCUT2D eigenvalue weighted by atomic mass is 15.3. The van der Waals surface area contributed by atoms with Crippen molar-refractivity contribution in [3.8, 4) is 0 Å². The van der Waals surface area contributed by atoms with Gasteiger partial charge in [-0.25, -0.2) is 0 Å². The molecule has 1 aliphatic heterocycles. The quantitative estimate of drug-likeness (QED) is 0.674. The third kappa shape index (κ3) is 3.54. The molecule has 19 heavy (non-hydrogen) atoms. The molecule has 0 aromatic heterocycles. The summed E-state index contributed by atoms with van der Waals surface area (Å²) in [5, 5.41) is 0. The fourth-order valence-corrected chi connectivity index (χ4v) is 4.94. The van der Waals surface area contributed by atoms with Crippen LogP contribution in [0.3, 0.4) is 0 Å². The Morgan fingerprint density at radius 2 is 1.37 bits per heavy atom. The van der Waals surface area contributed by atoms with E-state index < -0.39 is 0 Å². The summed E-state index contributed by atoms with van der Waals surface area (Å²) in [6, 6.07) is 0. The summed E-state index contributed by atoms with van der Waals surface area (Å²) >= 11 is 0. The molecule has 1 aliphatic carbocycles. The predicted octanol–water partition coefficient (Wildman–Crippen LogP) is 5.25. The lowest BCUT2D eigenvalue weighted by Gasteiger charge is -2.56. The molecule has 1 saturated heterocycles. The highest BCUT2D eigenvalue weighted by Crippen LogP contribution is 2.43. The molecule has 2 aliphatic rings. The van der Waals surface area contributed by atoms with Crippen LogP contribution in [0.15, 0.2) is 0 Å². The smallest absolute Gasteiger partial charge is 0.0161 e. The number of piperidine rings is 1. The predicted molar refractivity (Wildman–Crippen MR) is 84.5 cm³/mol. The molecule has 112 valence electrons. The fraction of sp³-hybridized carbons (Fsp3) is 1.00. The van der Waals surface area contributed by atoms with Gasteiger partial charge in [0.2, 0.25) is 0 Å². The zero-order chi connectivity index (χ0) is 14.1. The summed E-state index contributed by atoms with van der Waals surface area (Å²) in [6.45, 7) is 13.7. The van der Waals surface area contributed by atoms with Crippen molar-refractivity contribution in [2.75, 3.05) is 6.54 Å². The maximum Gasteiger partial charge on any atom is 0.0161 e. The van der Waals surface area contributed by atoms with Crippen molar-refractivity contribution in [2.24, 2.45) is 11.8 Å². The van der Waals surface area contributed by atoms with E-state index in [1.165, 1.54) is 57.9 Å². The molecule has 1 saturated carbocycles. The van der Waals surface area contributed by atoms with Gasteiger partial charge in [0, 0.05) is 17.6 Å². The number of hydrogen-bond acceptors (Lipinski definition) is 1. The van der Waals surface area contributed by atoms with Gasteiger partial charge in [-0.1, -0.05) is 32.6 Å². The van der Waals surface area contributed by atoms with Crippen molar-refractivity contribution in [1.82, 2.24) is 4.90 Å². The molecule has 0 radical (unpaired) electrons. The van der Waals surface area contributed by atoms with E-state index in [0.717, 1.165) is 11.8 Å². The van der Waals surface area contributed by atoms with Crippen molar-refractivity contribution in [2.45, 2.75) is 97.1 Å². The second-order valence-corrected chi connectivity index (χ2v) is 8.42. The molecule has 2 rings (SSSR count). The first-order valence-corrected chi connectivity index (χ1v) is 8.63. The molecule has 1 nitrogen and oxygen atoms in total. The van der Waals surface area contributed by atoms with E-state index in [0.29, 0.717) is 11.1 Å². The van der Waals surface area contributed by atoms with Crippen LogP contribution >= 0.6 is 0 Å². The van der Waals surface area contributed by atoms with E-state index in [-0.39, 0.29) is 0 Å². The lowest BCUT2D eigenvalue weighted by atomic mass is 9.72. The summed E-state index contributed by atoms with van der Waals surface area (Å²) in [5.74, 6) is 1.89. The van der Waals surface area contributed by atoms with Gasteiger partial charge in [-0.05, 0) is 65.2 Å². The molecule has 0 amide bonds. The molecule has 0 aromatic carbocycles. The minimum absolute atomic E-state index is 0.389. The molecule has 0 aromatic rings. The average Bonchev–Trinajstić information content (AvgIpc) is 2.34. The monoisotopic (exact) mass is 265 g/mol. The van der Waals surface area contributed by atoms with Crippen molar-refractivity contribution in [1.29, 1.82) is 0 Å². The van der Waals surface area contributed by atoms with Gasteiger partial charge in [-0.2, -0.15) is 0 Å². The van der Waals surface area contributed by atoms with Gasteiger partial charge < -0.3 is 0 Å². The first-order chi connectivity index (χ1) is 8.85. The Bertz CT molecular complexity index is 268. The summed E-state index contributed by atoms with van der Waals surface area (Å²) in [7, 11) is 0. The standard InChI is InChI=1S/C18H35N/c1-6-15-12-17(2,3)19(18(4,5)13-15)14-16-10-8-7-9-11-16/h15-16H,6-14H2,1-5H3. The summed E-state index contributed by atoms with van der Waals surface area (Å²) in [4.78, 5) is 2.86. The zero-order valence-electron chi connectivity index (χ0n) is 14.0. The Hall–Kier alpha value is -0.0400. The topological polar surface area (TPSA) is 3.24 Å². The highest BCUT2D eigenvalue weighted by molar-refractivity contribution is 5.00. The lowest BCUT2D eigenvalue weighted by Crippen LogP contribution is -2.61. The first-order valence-electron chi connectivity index (χ1n) is 8.63. The van der Waals surface area contributed by atoms with Gasteiger partial charge in [-0.15, -0.1) is 0 Å². The van der Waals surface area contributed by atoms with Crippen molar-refractivity contribution in [3.05, 3.63) is 0 Å². The minimum atomic E-state index is 0.389. The second kappa shape index (κ2) is 5.76. The molecule has 1 heterocycles. The van der Waals surface area contributed by atoms with Crippen LogP contribution in [0.4, 0.5) is 0 Å². The average molecular weight is 265 g/mol. The molecule has 2 fully saturated rings. The van der Waals surface area contributed by atoms with E-state index in [1.807, 2.05) is 0 Å². The Balaban J connectivity index is 2.07. The fourth-order valence-electron chi connectivity index (χ4n) is 4.94. The van der Waals surface area contributed by atoms with Crippen LogP contribution in [0.5, 0.6) is 0 Å². The summed E-state index contributed by atoms with van der Waals surface area (Å²) in [6.07, 6.45) is 11.5. The van der Waals surface area contributed by atoms with Crippen molar-refractivity contribution >= 4 is 0 Å².